The van der Waals surface area contributed by atoms with Crippen molar-refractivity contribution in [2.75, 3.05) is 5.32 Å². The van der Waals surface area contributed by atoms with Crippen LogP contribution in [0.2, 0.25) is 0 Å². The molecule has 2 aromatic carbocycles. The lowest BCUT2D eigenvalue weighted by Gasteiger charge is -2.10. The number of aromatic nitrogens is 6. The number of aromatic amines is 2. The summed E-state index contributed by atoms with van der Waals surface area (Å²) in [4.78, 5) is 36.5. The minimum absolute atomic E-state index is 0.243. The van der Waals surface area contributed by atoms with Gasteiger partial charge in [-0.2, -0.15) is 0 Å². The van der Waals surface area contributed by atoms with E-state index in [0.717, 1.165) is 38.4 Å². The van der Waals surface area contributed by atoms with Crippen molar-refractivity contribution in [3.63, 3.8) is 0 Å². The molecule has 0 aliphatic rings. The standard InChI is InChI=1S/C23H21N7OS/c1-12-8-13(2)20-16(9-12)14(3)24-21(29-20)30-22-25-15(10-19(31)28-22)11-32-23-26-17-6-4-5-7-18(17)27-23/h4-10H,11H2,1-3H3,(H,26,27)(H2,24,25,28,29,30,31). The van der Waals surface area contributed by atoms with Crippen molar-refractivity contribution in [1.82, 2.24) is 29.9 Å². The number of nitrogens with zero attached hydrogens (tertiary/aromatic N) is 4. The molecule has 0 aliphatic carbocycles. The van der Waals surface area contributed by atoms with E-state index in [1.54, 1.807) is 0 Å². The Bertz CT molecular complexity index is 1490. The Hall–Kier alpha value is -3.72. The van der Waals surface area contributed by atoms with Crippen LogP contribution in [0.1, 0.15) is 22.5 Å². The summed E-state index contributed by atoms with van der Waals surface area (Å²) in [5, 5.41) is 4.86. The van der Waals surface area contributed by atoms with Gasteiger partial charge in [0.1, 0.15) is 0 Å². The topological polar surface area (TPSA) is 112 Å². The predicted octanol–water partition coefficient (Wildman–Crippen LogP) is 4.55. The first-order valence-electron chi connectivity index (χ1n) is 10.1. The Balaban J connectivity index is 1.39. The lowest BCUT2D eigenvalue weighted by atomic mass is 10.1. The maximum atomic E-state index is 12.2. The number of para-hydroxylation sites is 2. The highest BCUT2D eigenvalue weighted by Crippen LogP contribution is 2.24. The van der Waals surface area contributed by atoms with Crippen LogP contribution in [0.25, 0.3) is 21.9 Å². The molecule has 9 heteroatoms. The molecule has 0 atom stereocenters. The second-order valence-electron chi connectivity index (χ2n) is 7.67. The molecule has 0 unspecified atom stereocenters. The number of aryl methyl sites for hydroxylation is 3. The maximum Gasteiger partial charge on any atom is 0.252 e. The van der Waals surface area contributed by atoms with Crippen LogP contribution in [0.15, 0.2) is 52.4 Å². The number of thioether (sulfide) groups is 1. The van der Waals surface area contributed by atoms with Gasteiger partial charge < -0.3 is 4.98 Å². The number of H-pyrrole nitrogens is 2. The molecule has 0 spiro atoms. The third-order valence-electron chi connectivity index (χ3n) is 5.08. The number of nitrogens with one attached hydrogen (secondary N) is 3. The number of hydrogen-bond acceptors (Lipinski definition) is 7. The molecule has 0 saturated heterocycles. The molecule has 0 radical (unpaired) electrons. The summed E-state index contributed by atoms with van der Waals surface area (Å²) in [7, 11) is 0. The molecule has 160 valence electrons. The number of imidazole rings is 1. The van der Waals surface area contributed by atoms with Gasteiger partial charge in [-0.15, -0.1) is 0 Å². The van der Waals surface area contributed by atoms with Crippen LogP contribution in [0, 0.1) is 20.8 Å². The van der Waals surface area contributed by atoms with Crippen molar-refractivity contribution in [3.05, 3.63) is 75.3 Å². The van der Waals surface area contributed by atoms with Crippen molar-refractivity contribution < 1.29 is 0 Å². The molecule has 0 bridgehead atoms. The SMILES string of the molecule is Cc1cc(C)c2nc(Nc3nc(CSc4nc5ccccc5[nH]4)cc(=O)[nH]3)nc(C)c2c1. The van der Waals surface area contributed by atoms with Crippen molar-refractivity contribution in [2.45, 2.75) is 31.7 Å². The highest BCUT2D eigenvalue weighted by Gasteiger charge is 2.10. The quantitative estimate of drug-likeness (QED) is 0.342. The van der Waals surface area contributed by atoms with Crippen LogP contribution in [0.3, 0.4) is 0 Å². The number of benzene rings is 2. The van der Waals surface area contributed by atoms with E-state index in [2.05, 4.69) is 54.3 Å². The summed E-state index contributed by atoms with van der Waals surface area (Å²) in [5.74, 6) is 1.20. The number of rotatable bonds is 5. The third-order valence-corrected chi connectivity index (χ3v) is 5.98. The fraction of sp³-hybridized carbons (Fsp3) is 0.174. The molecule has 0 amide bonds. The zero-order valence-corrected chi connectivity index (χ0v) is 18.7. The number of anilines is 2. The minimum atomic E-state index is -0.243. The highest BCUT2D eigenvalue weighted by molar-refractivity contribution is 7.98. The summed E-state index contributed by atoms with van der Waals surface area (Å²) in [6.07, 6.45) is 0. The van der Waals surface area contributed by atoms with Crippen molar-refractivity contribution >= 4 is 45.6 Å². The Morgan fingerprint density at radius 2 is 1.81 bits per heavy atom. The van der Waals surface area contributed by atoms with Gasteiger partial charge in [0.05, 0.1) is 27.9 Å². The fourth-order valence-corrected chi connectivity index (χ4v) is 4.45. The zero-order chi connectivity index (χ0) is 22.2. The zero-order valence-electron chi connectivity index (χ0n) is 17.9. The maximum absolute atomic E-state index is 12.2. The van der Waals surface area contributed by atoms with Crippen LogP contribution in [-0.4, -0.2) is 29.9 Å². The second-order valence-corrected chi connectivity index (χ2v) is 8.63. The van der Waals surface area contributed by atoms with Gasteiger partial charge in [-0.25, -0.2) is 19.9 Å². The van der Waals surface area contributed by atoms with E-state index >= 15 is 0 Å². The fourth-order valence-electron chi connectivity index (χ4n) is 3.68. The van der Waals surface area contributed by atoms with Gasteiger partial charge in [-0.3, -0.25) is 15.1 Å². The van der Waals surface area contributed by atoms with E-state index in [9.17, 15) is 4.79 Å². The highest BCUT2D eigenvalue weighted by atomic mass is 32.2. The summed E-state index contributed by atoms with van der Waals surface area (Å²) >= 11 is 1.49. The summed E-state index contributed by atoms with van der Waals surface area (Å²) in [6.45, 7) is 6.04. The minimum Gasteiger partial charge on any atom is -0.333 e. The van der Waals surface area contributed by atoms with Gasteiger partial charge >= 0.3 is 0 Å². The summed E-state index contributed by atoms with van der Waals surface area (Å²) in [6, 6.07) is 13.5. The first-order chi connectivity index (χ1) is 15.4. The summed E-state index contributed by atoms with van der Waals surface area (Å²) < 4.78 is 0. The Labute approximate surface area is 188 Å². The second kappa shape index (κ2) is 8.08. The van der Waals surface area contributed by atoms with Gasteiger partial charge in [0.15, 0.2) is 5.16 Å². The Kier molecular flexibility index (Phi) is 5.10. The van der Waals surface area contributed by atoms with Crippen LogP contribution < -0.4 is 10.9 Å². The predicted molar refractivity (Wildman–Crippen MR) is 128 cm³/mol. The Morgan fingerprint density at radius 1 is 0.969 bits per heavy atom. The molecule has 8 nitrogen and oxygen atoms in total. The molecule has 3 aromatic heterocycles. The molecule has 0 saturated carbocycles. The van der Waals surface area contributed by atoms with Crippen LogP contribution >= 0.6 is 11.8 Å². The van der Waals surface area contributed by atoms with E-state index in [1.807, 2.05) is 38.1 Å². The molecule has 5 rings (SSSR count). The van der Waals surface area contributed by atoms with Gasteiger partial charge in [0.25, 0.3) is 5.56 Å². The van der Waals surface area contributed by atoms with Crippen molar-refractivity contribution in [1.29, 1.82) is 0 Å². The molecular formula is C23H21N7OS. The molecule has 5 aromatic rings. The van der Waals surface area contributed by atoms with Crippen LogP contribution in [-0.2, 0) is 5.75 Å². The first-order valence-corrected chi connectivity index (χ1v) is 11.1. The van der Waals surface area contributed by atoms with Gasteiger partial charge in [0, 0.05) is 17.2 Å². The average molecular weight is 444 g/mol. The molecule has 3 N–H and O–H groups in total. The number of hydrogen-bond donors (Lipinski definition) is 3. The third kappa shape index (κ3) is 4.06. The molecular weight excluding hydrogens is 422 g/mol. The molecule has 0 fully saturated rings. The summed E-state index contributed by atoms with van der Waals surface area (Å²) in [5.41, 5.74) is 6.26. The molecule has 0 aliphatic heterocycles. The van der Waals surface area contributed by atoms with Gasteiger partial charge in [0.2, 0.25) is 11.9 Å². The van der Waals surface area contributed by atoms with Gasteiger partial charge in [-0.05, 0) is 44.5 Å². The monoisotopic (exact) mass is 443 g/mol. The first kappa shape index (κ1) is 20.2. The van der Waals surface area contributed by atoms with Gasteiger partial charge in [-0.1, -0.05) is 35.5 Å². The lowest BCUT2D eigenvalue weighted by Crippen LogP contribution is -2.13. The van der Waals surface area contributed by atoms with Crippen molar-refractivity contribution in [3.8, 4) is 0 Å². The van der Waals surface area contributed by atoms with E-state index in [1.165, 1.54) is 23.4 Å². The lowest BCUT2D eigenvalue weighted by molar-refractivity contribution is 1.03. The van der Waals surface area contributed by atoms with Crippen LogP contribution in [0.4, 0.5) is 11.9 Å². The molecule has 32 heavy (non-hydrogen) atoms. The van der Waals surface area contributed by atoms with Crippen molar-refractivity contribution in [2.24, 2.45) is 0 Å². The number of fused-ring (bicyclic) bond motifs is 2. The smallest absolute Gasteiger partial charge is 0.252 e. The van der Waals surface area contributed by atoms with E-state index < -0.39 is 0 Å². The Morgan fingerprint density at radius 3 is 2.66 bits per heavy atom. The molecule has 3 heterocycles. The van der Waals surface area contributed by atoms with E-state index in [0.29, 0.717) is 23.3 Å². The average Bonchev–Trinajstić information content (AvgIpc) is 3.16. The largest absolute Gasteiger partial charge is 0.333 e. The normalized spacial score (nSPS) is 11.3. The van der Waals surface area contributed by atoms with E-state index in [-0.39, 0.29) is 5.56 Å². The van der Waals surface area contributed by atoms with E-state index in [4.69, 9.17) is 0 Å². The van der Waals surface area contributed by atoms with Crippen LogP contribution in [0.5, 0.6) is 0 Å².